The SMILES string of the molecule is COC1CN(C(=O)C(=O)NN)CC1OC. The van der Waals surface area contributed by atoms with Crippen molar-refractivity contribution in [2.24, 2.45) is 5.84 Å². The minimum absolute atomic E-state index is 0.204. The lowest BCUT2D eigenvalue weighted by Gasteiger charge is -2.13. The average molecular weight is 217 g/mol. The summed E-state index contributed by atoms with van der Waals surface area (Å²) in [7, 11) is 3.07. The Morgan fingerprint density at radius 2 is 1.73 bits per heavy atom. The Kier molecular flexibility index (Phi) is 4.01. The van der Waals surface area contributed by atoms with Gasteiger partial charge in [-0.2, -0.15) is 0 Å². The van der Waals surface area contributed by atoms with E-state index in [1.165, 1.54) is 19.1 Å². The quantitative estimate of drug-likeness (QED) is 0.238. The first-order valence-electron chi connectivity index (χ1n) is 4.49. The first kappa shape index (κ1) is 11.9. The molecule has 15 heavy (non-hydrogen) atoms. The predicted octanol–water partition coefficient (Wildman–Crippen LogP) is -2.15. The minimum atomic E-state index is -0.832. The van der Waals surface area contributed by atoms with Crippen LogP contribution in [0.5, 0.6) is 0 Å². The molecule has 1 aliphatic rings. The lowest BCUT2D eigenvalue weighted by atomic mass is 10.3. The number of amides is 2. The number of carbonyl (C=O) groups is 2. The fraction of sp³-hybridized carbons (Fsp3) is 0.750. The third-order valence-corrected chi connectivity index (χ3v) is 2.43. The monoisotopic (exact) mass is 217 g/mol. The number of hydrogen-bond acceptors (Lipinski definition) is 5. The molecule has 1 heterocycles. The van der Waals surface area contributed by atoms with Crippen molar-refractivity contribution in [3.8, 4) is 0 Å². The van der Waals surface area contributed by atoms with Gasteiger partial charge in [0.25, 0.3) is 0 Å². The molecule has 0 radical (unpaired) electrons. The molecule has 1 saturated heterocycles. The summed E-state index contributed by atoms with van der Waals surface area (Å²) in [5, 5.41) is 0. The summed E-state index contributed by atoms with van der Waals surface area (Å²) in [6.45, 7) is 0.669. The molecule has 0 aromatic heterocycles. The maximum atomic E-state index is 11.4. The van der Waals surface area contributed by atoms with Gasteiger partial charge in [0.2, 0.25) is 0 Å². The van der Waals surface area contributed by atoms with Gasteiger partial charge in [-0.3, -0.25) is 15.0 Å². The van der Waals surface area contributed by atoms with Crippen molar-refractivity contribution in [2.75, 3.05) is 27.3 Å². The molecule has 2 unspecified atom stereocenters. The maximum absolute atomic E-state index is 11.4. The van der Waals surface area contributed by atoms with Crippen LogP contribution in [0.15, 0.2) is 0 Å². The highest BCUT2D eigenvalue weighted by molar-refractivity contribution is 6.34. The van der Waals surface area contributed by atoms with E-state index in [1.54, 1.807) is 5.43 Å². The number of hydrogen-bond donors (Lipinski definition) is 2. The molecule has 3 N–H and O–H groups in total. The van der Waals surface area contributed by atoms with E-state index in [9.17, 15) is 9.59 Å². The molecule has 0 aliphatic carbocycles. The first-order chi connectivity index (χ1) is 7.13. The van der Waals surface area contributed by atoms with Crippen LogP contribution in [0.1, 0.15) is 0 Å². The Morgan fingerprint density at radius 3 is 2.07 bits per heavy atom. The van der Waals surface area contributed by atoms with Crippen LogP contribution >= 0.6 is 0 Å². The average Bonchev–Trinajstić information content (AvgIpc) is 2.69. The van der Waals surface area contributed by atoms with Crippen molar-refractivity contribution in [3.05, 3.63) is 0 Å². The molecule has 0 saturated carbocycles. The van der Waals surface area contributed by atoms with E-state index in [1.807, 2.05) is 0 Å². The summed E-state index contributed by atoms with van der Waals surface area (Å²) in [6, 6.07) is 0. The van der Waals surface area contributed by atoms with Crippen molar-refractivity contribution >= 4 is 11.8 Å². The largest absolute Gasteiger partial charge is 0.377 e. The third-order valence-electron chi connectivity index (χ3n) is 2.43. The van der Waals surface area contributed by atoms with Gasteiger partial charge < -0.3 is 14.4 Å². The van der Waals surface area contributed by atoms with E-state index in [4.69, 9.17) is 15.3 Å². The molecular formula is C8H15N3O4. The lowest BCUT2D eigenvalue weighted by Crippen LogP contribution is -2.45. The summed E-state index contributed by atoms with van der Waals surface area (Å²) in [5.41, 5.74) is 1.80. The second-order valence-corrected chi connectivity index (χ2v) is 3.23. The van der Waals surface area contributed by atoms with Crippen LogP contribution < -0.4 is 11.3 Å². The van der Waals surface area contributed by atoms with Crippen LogP contribution in [0, 0.1) is 0 Å². The molecule has 2 atom stereocenters. The molecular weight excluding hydrogens is 202 g/mol. The predicted molar refractivity (Wildman–Crippen MR) is 50.5 cm³/mol. The molecule has 1 aliphatic heterocycles. The van der Waals surface area contributed by atoms with Crippen molar-refractivity contribution < 1.29 is 19.1 Å². The van der Waals surface area contributed by atoms with Gasteiger partial charge in [0.1, 0.15) is 12.2 Å². The van der Waals surface area contributed by atoms with Crippen LogP contribution in [-0.2, 0) is 19.1 Å². The molecule has 1 rings (SSSR count). The van der Waals surface area contributed by atoms with Crippen molar-refractivity contribution in [3.63, 3.8) is 0 Å². The number of ether oxygens (including phenoxy) is 2. The summed E-state index contributed by atoms with van der Waals surface area (Å²) in [4.78, 5) is 23.8. The van der Waals surface area contributed by atoms with Crippen molar-refractivity contribution in [1.82, 2.24) is 10.3 Å². The van der Waals surface area contributed by atoms with Gasteiger partial charge in [-0.25, -0.2) is 5.84 Å². The van der Waals surface area contributed by atoms with Gasteiger partial charge in [0.05, 0.1) is 13.1 Å². The minimum Gasteiger partial charge on any atom is -0.377 e. The number of carbonyl (C=O) groups excluding carboxylic acids is 2. The summed E-state index contributed by atoms with van der Waals surface area (Å²) in [6.07, 6.45) is -0.408. The van der Waals surface area contributed by atoms with Gasteiger partial charge in [-0.1, -0.05) is 0 Å². The Hall–Kier alpha value is -1.18. The maximum Gasteiger partial charge on any atom is 0.323 e. The topological polar surface area (TPSA) is 93.9 Å². The van der Waals surface area contributed by atoms with E-state index in [0.717, 1.165) is 0 Å². The van der Waals surface area contributed by atoms with Crippen molar-refractivity contribution in [1.29, 1.82) is 0 Å². The third kappa shape index (κ3) is 2.44. The highest BCUT2D eigenvalue weighted by atomic mass is 16.5. The smallest absolute Gasteiger partial charge is 0.323 e. The molecule has 7 heteroatoms. The fourth-order valence-electron chi connectivity index (χ4n) is 1.57. The van der Waals surface area contributed by atoms with Crippen molar-refractivity contribution in [2.45, 2.75) is 12.2 Å². The first-order valence-corrected chi connectivity index (χ1v) is 4.49. The Morgan fingerprint density at radius 1 is 1.27 bits per heavy atom. The zero-order chi connectivity index (χ0) is 11.4. The Balaban J connectivity index is 2.60. The number of nitrogens with one attached hydrogen (secondary N) is 1. The number of rotatable bonds is 2. The Bertz CT molecular complexity index is 246. The summed E-state index contributed by atoms with van der Waals surface area (Å²) < 4.78 is 10.3. The van der Waals surface area contributed by atoms with Gasteiger partial charge in [0, 0.05) is 14.2 Å². The van der Waals surface area contributed by atoms with E-state index in [2.05, 4.69) is 0 Å². The summed E-state index contributed by atoms with van der Waals surface area (Å²) in [5.74, 6) is 3.37. The van der Waals surface area contributed by atoms with Gasteiger partial charge >= 0.3 is 11.8 Å². The molecule has 0 aromatic rings. The molecule has 86 valence electrons. The fourth-order valence-corrected chi connectivity index (χ4v) is 1.57. The van der Waals surface area contributed by atoms with Gasteiger partial charge in [0.15, 0.2) is 0 Å². The second-order valence-electron chi connectivity index (χ2n) is 3.23. The van der Waals surface area contributed by atoms with Crippen LogP contribution in [0.3, 0.4) is 0 Å². The van der Waals surface area contributed by atoms with Crippen LogP contribution in [0.4, 0.5) is 0 Å². The number of methoxy groups -OCH3 is 2. The lowest BCUT2D eigenvalue weighted by molar-refractivity contribution is -0.145. The molecule has 0 bridgehead atoms. The molecule has 7 nitrogen and oxygen atoms in total. The number of likely N-dealkylation sites (tertiary alicyclic amines) is 1. The molecule has 0 aromatic carbocycles. The Labute approximate surface area is 87.5 Å². The number of nitrogens with zero attached hydrogens (tertiary/aromatic N) is 1. The molecule has 0 spiro atoms. The van der Waals surface area contributed by atoms with E-state index >= 15 is 0 Å². The molecule has 2 amide bonds. The second kappa shape index (κ2) is 5.06. The zero-order valence-corrected chi connectivity index (χ0v) is 8.73. The van der Waals surface area contributed by atoms with E-state index in [-0.39, 0.29) is 12.2 Å². The standard InChI is InChI=1S/C8H15N3O4/c1-14-5-3-11(4-6(5)15-2)8(13)7(12)10-9/h5-6H,3-4,9H2,1-2H3,(H,10,12). The van der Waals surface area contributed by atoms with Crippen LogP contribution in [0.25, 0.3) is 0 Å². The normalized spacial score (nSPS) is 25.4. The number of hydrazine groups is 1. The highest BCUT2D eigenvalue weighted by Gasteiger charge is 2.37. The zero-order valence-electron chi connectivity index (χ0n) is 8.73. The van der Waals surface area contributed by atoms with Crippen LogP contribution in [0.2, 0.25) is 0 Å². The van der Waals surface area contributed by atoms with Gasteiger partial charge in [-0.05, 0) is 0 Å². The van der Waals surface area contributed by atoms with E-state index < -0.39 is 11.8 Å². The van der Waals surface area contributed by atoms with Crippen LogP contribution in [-0.4, -0.2) is 56.2 Å². The van der Waals surface area contributed by atoms with Gasteiger partial charge in [-0.15, -0.1) is 0 Å². The molecule has 1 fully saturated rings. The van der Waals surface area contributed by atoms with E-state index in [0.29, 0.717) is 13.1 Å². The summed E-state index contributed by atoms with van der Waals surface area (Å²) >= 11 is 0. The number of nitrogens with two attached hydrogens (primary N) is 1. The highest BCUT2D eigenvalue weighted by Crippen LogP contribution is 2.15.